The van der Waals surface area contributed by atoms with Crippen molar-refractivity contribution in [2.75, 3.05) is 6.54 Å². The van der Waals surface area contributed by atoms with Gasteiger partial charge >= 0.3 is 5.97 Å². The fraction of sp³-hybridized carbons (Fsp3) is 0.333. The van der Waals surface area contributed by atoms with Crippen molar-refractivity contribution >= 4 is 28.1 Å². The van der Waals surface area contributed by atoms with Crippen LogP contribution in [0.25, 0.3) is 10.8 Å². The lowest BCUT2D eigenvalue weighted by Gasteiger charge is -2.17. The van der Waals surface area contributed by atoms with Crippen molar-refractivity contribution in [1.82, 2.24) is 4.73 Å². The van der Waals surface area contributed by atoms with Gasteiger partial charge in [-0.1, -0.05) is 24.3 Å². The van der Waals surface area contributed by atoms with Crippen LogP contribution in [0.3, 0.4) is 0 Å². The summed E-state index contributed by atoms with van der Waals surface area (Å²) in [5.41, 5.74) is 3.84. The van der Waals surface area contributed by atoms with E-state index in [-0.39, 0.29) is 23.6 Å². The molecule has 2 heterocycles. The smallest absolute Gasteiger partial charge is 0.333 e. The van der Waals surface area contributed by atoms with E-state index < -0.39 is 5.97 Å². The minimum Gasteiger partial charge on any atom is -0.492 e. The lowest BCUT2D eigenvalue weighted by atomic mass is 9.80. The maximum absolute atomic E-state index is 12.0. The van der Waals surface area contributed by atoms with Gasteiger partial charge in [0.1, 0.15) is 6.54 Å². The third kappa shape index (κ3) is 3.32. The van der Waals surface area contributed by atoms with Crippen LogP contribution in [0.1, 0.15) is 45.6 Å². The van der Waals surface area contributed by atoms with Crippen LogP contribution < -0.4 is 4.84 Å². The Balaban J connectivity index is 1.44. The molecule has 0 amide bonds. The first kappa shape index (κ1) is 20.0. The van der Waals surface area contributed by atoms with Crippen molar-refractivity contribution in [3.8, 4) is 11.8 Å². The topological polar surface area (TPSA) is 74.7 Å². The summed E-state index contributed by atoms with van der Waals surface area (Å²) < 4.78 is 3.08. The predicted octanol–water partition coefficient (Wildman–Crippen LogP) is 4.27. The molecule has 0 radical (unpaired) electrons. The second-order valence-corrected chi connectivity index (χ2v) is 8.31. The highest BCUT2D eigenvalue weighted by Gasteiger charge is 2.43. The van der Waals surface area contributed by atoms with Gasteiger partial charge in [-0.25, -0.2) is 4.79 Å². The second kappa shape index (κ2) is 7.52. The second-order valence-electron chi connectivity index (χ2n) is 8.31. The number of carbonyl (C=O) groups is 1. The van der Waals surface area contributed by atoms with E-state index in [9.17, 15) is 15.0 Å². The molecule has 0 saturated carbocycles. The summed E-state index contributed by atoms with van der Waals surface area (Å²) >= 11 is 0. The summed E-state index contributed by atoms with van der Waals surface area (Å²) in [6.45, 7) is 7.52. The Labute approximate surface area is 175 Å². The Morgan fingerprint density at radius 3 is 2.47 bits per heavy atom. The fourth-order valence-electron chi connectivity index (χ4n) is 4.31. The highest BCUT2D eigenvalue weighted by molar-refractivity contribution is 6.01. The van der Waals surface area contributed by atoms with E-state index in [1.165, 1.54) is 39.9 Å². The zero-order chi connectivity index (χ0) is 21.5. The van der Waals surface area contributed by atoms with Crippen LogP contribution in [0.5, 0.6) is 11.8 Å². The number of benzene rings is 2. The SMILES string of the molecule is CC1=[N+](CCCCC(=O)On2c(O)ccc2O)c2ccc3ccccc3c2C1(C)C. The first-order valence-corrected chi connectivity index (χ1v) is 10.3. The molecule has 3 aromatic rings. The molecule has 0 unspecified atom stereocenters. The number of nitrogens with zero attached hydrogens (tertiary/aromatic N) is 2. The molecule has 156 valence electrons. The molecule has 0 fully saturated rings. The van der Waals surface area contributed by atoms with Gasteiger partial charge in [0, 0.05) is 43.5 Å². The monoisotopic (exact) mass is 407 g/mol. The number of aromatic nitrogens is 1. The number of hydrogen-bond acceptors (Lipinski definition) is 4. The largest absolute Gasteiger partial charge is 0.492 e. The highest BCUT2D eigenvalue weighted by Crippen LogP contribution is 2.43. The molecule has 0 spiro atoms. The Bertz CT molecular complexity index is 1140. The Hall–Kier alpha value is -3.28. The van der Waals surface area contributed by atoms with Crippen molar-refractivity contribution < 1.29 is 24.4 Å². The Morgan fingerprint density at radius 1 is 1.03 bits per heavy atom. The first-order valence-electron chi connectivity index (χ1n) is 10.3. The third-order valence-corrected chi connectivity index (χ3v) is 6.14. The van der Waals surface area contributed by atoms with Crippen LogP contribution >= 0.6 is 0 Å². The summed E-state index contributed by atoms with van der Waals surface area (Å²) in [7, 11) is 0. The fourth-order valence-corrected chi connectivity index (χ4v) is 4.31. The predicted molar refractivity (Wildman–Crippen MR) is 116 cm³/mol. The van der Waals surface area contributed by atoms with E-state index in [0.29, 0.717) is 6.42 Å². The summed E-state index contributed by atoms with van der Waals surface area (Å²) in [5.74, 6) is -1.12. The molecule has 0 atom stereocenters. The average molecular weight is 407 g/mol. The molecule has 6 heteroatoms. The van der Waals surface area contributed by atoms with Crippen LogP contribution in [-0.2, 0) is 10.2 Å². The van der Waals surface area contributed by atoms with Crippen LogP contribution in [0, 0.1) is 0 Å². The van der Waals surface area contributed by atoms with Crippen LogP contribution in [0.15, 0.2) is 48.5 Å². The van der Waals surface area contributed by atoms with E-state index in [0.717, 1.165) is 17.7 Å². The number of aromatic hydroxyl groups is 2. The zero-order valence-electron chi connectivity index (χ0n) is 17.6. The molecule has 30 heavy (non-hydrogen) atoms. The number of carbonyl (C=O) groups excluding carboxylic acids is 1. The van der Waals surface area contributed by atoms with Gasteiger partial charge in [-0.3, -0.25) is 0 Å². The van der Waals surface area contributed by atoms with Crippen molar-refractivity contribution in [2.24, 2.45) is 0 Å². The molecular formula is C24H27N2O4+. The maximum atomic E-state index is 12.0. The molecule has 2 aromatic carbocycles. The van der Waals surface area contributed by atoms with E-state index >= 15 is 0 Å². The lowest BCUT2D eigenvalue weighted by molar-refractivity contribution is -0.439. The van der Waals surface area contributed by atoms with Gasteiger partial charge in [0.25, 0.3) is 0 Å². The van der Waals surface area contributed by atoms with Gasteiger partial charge in [0.05, 0.1) is 5.41 Å². The number of fused-ring (bicyclic) bond motifs is 3. The van der Waals surface area contributed by atoms with Gasteiger partial charge in [0.2, 0.25) is 17.4 Å². The van der Waals surface area contributed by atoms with Gasteiger partial charge in [-0.2, -0.15) is 4.58 Å². The highest BCUT2D eigenvalue weighted by atomic mass is 16.7. The molecule has 1 aliphatic rings. The normalized spacial score (nSPS) is 14.9. The van der Waals surface area contributed by atoms with Gasteiger partial charge in [-0.15, -0.1) is 4.73 Å². The zero-order valence-corrected chi connectivity index (χ0v) is 17.6. The minimum absolute atomic E-state index is 0.0569. The van der Waals surface area contributed by atoms with E-state index in [1.807, 2.05) is 0 Å². The van der Waals surface area contributed by atoms with Crippen LogP contribution in [0.4, 0.5) is 5.69 Å². The molecule has 0 bridgehead atoms. The standard InChI is InChI=1S/C24H26N2O4/c1-16-24(2,3)23-18-9-5-4-8-17(18)11-12-19(23)25(16)15-7-6-10-22(29)30-26-20(27)13-14-21(26)28/h4-5,8-9,11-14H,6-7,10,15H2,1-3H3,(H-,27,28)/p+1. The van der Waals surface area contributed by atoms with Crippen LogP contribution in [-0.4, -0.2) is 37.7 Å². The molecule has 1 aromatic heterocycles. The summed E-state index contributed by atoms with van der Waals surface area (Å²) in [6, 6.07) is 15.4. The van der Waals surface area contributed by atoms with Crippen molar-refractivity contribution in [2.45, 2.75) is 45.4 Å². The van der Waals surface area contributed by atoms with Crippen molar-refractivity contribution in [1.29, 1.82) is 0 Å². The average Bonchev–Trinajstić information content (AvgIpc) is 3.14. The van der Waals surface area contributed by atoms with E-state index in [4.69, 9.17) is 4.84 Å². The summed E-state index contributed by atoms with van der Waals surface area (Å²) in [5, 5.41) is 21.7. The maximum Gasteiger partial charge on any atom is 0.333 e. The molecule has 6 nitrogen and oxygen atoms in total. The van der Waals surface area contributed by atoms with Crippen molar-refractivity contribution in [3.63, 3.8) is 0 Å². The van der Waals surface area contributed by atoms with Crippen LogP contribution in [0.2, 0.25) is 0 Å². The molecule has 4 rings (SSSR count). The summed E-state index contributed by atoms with van der Waals surface area (Å²) in [4.78, 5) is 17.0. The van der Waals surface area contributed by atoms with E-state index in [2.05, 4.69) is 61.7 Å². The Morgan fingerprint density at radius 2 is 1.73 bits per heavy atom. The minimum atomic E-state index is -0.495. The van der Waals surface area contributed by atoms with Gasteiger partial charge in [-0.05, 0) is 37.1 Å². The first-order chi connectivity index (χ1) is 14.3. The summed E-state index contributed by atoms with van der Waals surface area (Å²) in [6.07, 6.45) is 1.67. The van der Waals surface area contributed by atoms with E-state index in [1.54, 1.807) is 0 Å². The Kier molecular flexibility index (Phi) is 5.02. The molecule has 2 N–H and O–H groups in total. The third-order valence-electron chi connectivity index (χ3n) is 6.14. The molecule has 1 aliphatic heterocycles. The number of unbranched alkanes of at least 4 members (excludes halogenated alkanes) is 1. The molecule has 0 saturated heterocycles. The molecular weight excluding hydrogens is 380 g/mol. The molecule has 0 aliphatic carbocycles. The van der Waals surface area contributed by atoms with Gasteiger partial charge < -0.3 is 15.1 Å². The number of rotatable bonds is 6. The van der Waals surface area contributed by atoms with Crippen molar-refractivity contribution in [3.05, 3.63) is 54.1 Å². The van der Waals surface area contributed by atoms with Gasteiger partial charge in [0.15, 0.2) is 5.71 Å². The number of hydrogen-bond donors (Lipinski definition) is 2. The quantitative estimate of drug-likeness (QED) is 0.473. The lowest BCUT2D eigenvalue weighted by Crippen LogP contribution is -2.27.